The lowest BCUT2D eigenvalue weighted by molar-refractivity contribution is -0.123. The number of amides is 10. The predicted octanol–water partition coefficient (Wildman–Crippen LogP) is -0.627. The van der Waals surface area contributed by atoms with Crippen molar-refractivity contribution in [1.82, 2.24) is 63.0 Å². The molecule has 2 saturated heterocycles. The number of aliphatic hydroxyl groups is 2. The lowest BCUT2D eigenvalue weighted by Crippen LogP contribution is -2.56. The molecular formula is C33H46Cl2N18O8. The van der Waals surface area contributed by atoms with Crippen LogP contribution < -0.4 is 63.8 Å². The maximum Gasteiger partial charge on any atom is 0.328 e. The number of nitrogens with one attached hydrogen (secondary N) is 16. The normalized spacial score (nSPS) is 15.2. The van der Waals surface area contributed by atoms with E-state index in [1.54, 1.807) is 48.5 Å². The first-order valence-corrected chi connectivity index (χ1v) is 18.8. The van der Waals surface area contributed by atoms with Gasteiger partial charge in [-0.05, 0) is 61.4 Å². The van der Waals surface area contributed by atoms with E-state index in [1.807, 2.05) is 10.6 Å². The molecule has 2 atom stereocenters. The zero-order chi connectivity index (χ0) is 44.9. The van der Waals surface area contributed by atoms with E-state index in [2.05, 4.69) is 53.2 Å². The summed E-state index contributed by atoms with van der Waals surface area (Å²) in [5, 5.41) is 79.7. The standard InChI is InChI=1S/C22H30Cl2N10.C11H16N8O8/c23-15-5-9-17(10-6-15)31-21(27)33-19(25)29-13-3-1-2-4-14-30-20(26)34-22(28)32-18-11-7-16(24)8-12-18;20-2-18-4(6(22)16-10(18)26)14-8(24)12-1-13-9(25)15-5-7(23)17-11(27)19(5)3-21/h5-12H,1-4,13-14H2,(H5,25,27,29,31,33)(H5,26,28,30,32,34);4-5,20-21H,1-3H2,(H2,12,14,24)(H2,13,15,25)(H,16,22,26)(H,17,23,27). The first-order chi connectivity index (χ1) is 29.1. The van der Waals surface area contributed by atoms with Crippen molar-refractivity contribution in [1.29, 1.82) is 21.6 Å². The summed E-state index contributed by atoms with van der Waals surface area (Å²) < 4.78 is 0. The fraction of sp³-hybridized carbons (Fsp3) is 0.333. The van der Waals surface area contributed by atoms with E-state index in [1.165, 1.54) is 0 Å². The highest BCUT2D eigenvalue weighted by Crippen LogP contribution is 2.14. The molecule has 10 amide bonds. The molecule has 0 bridgehead atoms. The molecule has 61 heavy (non-hydrogen) atoms. The molecule has 2 aliphatic heterocycles. The molecule has 0 radical (unpaired) electrons. The second-order valence-electron chi connectivity index (χ2n) is 12.4. The monoisotopic (exact) mass is 892 g/mol. The van der Waals surface area contributed by atoms with Crippen molar-refractivity contribution < 1.29 is 39.0 Å². The molecule has 2 aromatic rings. The molecule has 4 rings (SSSR count). The largest absolute Gasteiger partial charge is 0.376 e. The Morgan fingerprint density at radius 3 is 1.28 bits per heavy atom. The van der Waals surface area contributed by atoms with E-state index < -0.39 is 68.4 Å². The van der Waals surface area contributed by atoms with Gasteiger partial charge < -0.3 is 52.7 Å². The third-order valence-corrected chi connectivity index (χ3v) is 8.38. The van der Waals surface area contributed by atoms with Crippen LogP contribution in [0.4, 0.5) is 30.6 Å². The van der Waals surface area contributed by atoms with Crippen LogP contribution in [-0.2, 0) is 9.59 Å². The Morgan fingerprint density at radius 2 is 0.934 bits per heavy atom. The molecule has 28 heteroatoms. The first kappa shape index (κ1) is 48.2. The van der Waals surface area contributed by atoms with Crippen LogP contribution in [0.5, 0.6) is 0 Å². The van der Waals surface area contributed by atoms with Crippen molar-refractivity contribution in [2.24, 2.45) is 0 Å². The average Bonchev–Trinajstić information content (AvgIpc) is 3.63. The summed E-state index contributed by atoms with van der Waals surface area (Å²) in [6, 6.07) is 10.2. The lowest BCUT2D eigenvalue weighted by Gasteiger charge is -2.21. The summed E-state index contributed by atoms with van der Waals surface area (Å²) in [6.45, 7) is -0.837. The number of urea groups is 4. The fourth-order valence-electron chi connectivity index (χ4n) is 4.93. The van der Waals surface area contributed by atoms with Crippen LogP contribution in [-0.4, -0.2) is 125 Å². The number of aliphatic hydroxyl groups excluding tert-OH is 2. The summed E-state index contributed by atoms with van der Waals surface area (Å²) in [7, 11) is 0. The van der Waals surface area contributed by atoms with Gasteiger partial charge in [0.05, 0.1) is 6.67 Å². The molecule has 0 aromatic heterocycles. The van der Waals surface area contributed by atoms with Crippen molar-refractivity contribution in [2.45, 2.75) is 38.0 Å². The number of hydrogen-bond donors (Lipinski definition) is 18. The van der Waals surface area contributed by atoms with Gasteiger partial charge in [0.2, 0.25) is 0 Å². The van der Waals surface area contributed by atoms with Gasteiger partial charge in [-0.3, -0.25) is 62.3 Å². The van der Waals surface area contributed by atoms with E-state index in [0.717, 1.165) is 25.7 Å². The number of halogens is 2. The van der Waals surface area contributed by atoms with Crippen LogP contribution in [0.25, 0.3) is 0 Å². The SMILES string of the molecule is N=C(NCCCCCCNC(=N)NC(=N)Nc1ccc(Cl)cc1)NC(=N)Nc1ccc(Cl)cc1.O=C(NCNC(=O)NC1C(=O)NC(=O)N1CO)NC1C(=O)NC(=O)N1CO. The summed E-state index contributed by atoms with van der Waals surface area (Å²) in [4.78, 5) is 70.2. The van der Waals surface area contributed by atoms with Crippen LogP contribution in [0.3, 0.4) is 0 Å². The summed E-state index contributed by atoms with van der Waals surface area (Å²) in [5.41, 5.74) is 1.42. The quantitative estimate of drug-likeness (QED) is 0.0348. The smallest absolute Gasteiger partial charge is 0.328 e. The van der Waals surface area contributed by atoms with E-state index in [4.69, 9.17) is 55.1 Å². The van der Waals surface area contributed by atoms with Crippen molar-refractivity contribution in [2.75, 3.05) is 43.9 Å². The van der Waals surface area contributed by atoms with E-state index in [-0.39, 0.29) is 23.8 Å². The van der Waals surface area contributed by atoms with Crippen molar-refractivity contribution in [3.05, 3.63) is 58.6 Å². The van der Waals surface area contributed by atoms with Gasteiger partial charge in [-0.1, -0.05) is 36.0 Å². The molecule has 18 N–H and O–H groups in total. The molecule has 2 aromatic carbocycles. The summed E-state index contributed by atoms with van der Waals surface area (Å²) >= 11 is 11.7. The molecule has 0 saturated carbocycles. The highest BCUT2D eigenvalue weighted by molar-refractivity contribution is 6.31. The van der Waals surface area contributed by atoms with Gasteiger partial charge in [-0.2, -0.15) is 0 Å². The van der Waals surface area contributed by atoms with Gasteiger partial charge in [-0.15, -0.1) is 0 Å². The Bertz CT molecular complexity index is 1790. The van der Waals surface area contributed by atoms with Gasteiger partial charge >= 0.3 is 24.1 Å². The minimum Gasteiger partial charge on any atom is -0.376 e. The van der Waals surface area contributed by atoms with Gasteiger partial charge in [0.15, 0.2) is 36.2 Å². The van der Waals surface area contributed by atoms with Crippen LogP contribution in [0.1, 0.15) is 25.7 Å². The van der Waals surface area contributed by atoms with E-state index in [9.17, 15) is 28.8 Å². The van der Waals surface area contributed by atoms with Crippen molar-refractivity contribution >= 4 is 94.4 Å². The fourth-order valence-corrected chi connectivity index (χ4v) is 5.18. The van der Waals surface area contributed by atoms with Gasteiger partial charge in [0.25, 0.3) is 11.8 Å². The molecule has 2 heterocycles. The van der Waals surface area contributed by atoms with Crippen LogP contribution >= 0.6 is 23.2 Å². The Hall–Kier alpha value is -7.16. The minimum absolute atomic E-state index is 0.00148. The molecule has 0 spiro atoms. The molecule has 330 valence electrons. The Labute approximate surface area is 357 Å². The number of benzene rings is 2. The van der Waals surface area contributed by atoms with Crippen molar-refractivity contribution in [3.63, 3.8) is 0 Å². The third-order valence-electron chi connectivity index (χ3n) is 7.87. The zero-order valence-corrected chi connectivity index (χ0v) is 33.6. The number of hydrogen-bond acceptors (Lipinski definition) is 12. The Balaban J connectivity index is 0.000000334. The lowest BCUT2D eigenvalue weighted by atomic mass is 10.2. The summed E-state index contributed by atoms with van der Waals surface area (Å²) in [6.07, 6.45) is 0.847. The number of carbonyl (C=O) groups excluding carboxylic acids is 6. The zero-order valence-electron chi connectivity index (χ0n) is 32.1. The van der Waals surface area contributed by atoms with E-state index >= 15 is 0 Å². The molecule has 26 nitrogen and oxygen atoms in total. The predicted molar refractivity (Wildman–Crippen MR) is 223 cm³/mol. The number of anilines is 2. The molecule has 2 fully saturated rings. The number of nitrogens with zero attached hydrogens (tertiary/aromatic N) is 2. The van der Waals surface area contributed by atoms with Gasteiger partial charge in [0, 0.05) is 34.5 Å². The number of carbonyl (C=O) groups is 6. The minimum atomic E-state index is -1.43. The van der Waals surface area contributed by atoms with Gasteiger partial charge in [-0.25, -0.2) is 19.2 Å². The number of imide groups is 2. The molecule has 2 aliphatic rings. The Morgan fingerprint density at radius 1 is 0.574 bits per heavy atom. The highest BCUT2D eigenvalue weighted by Gasteiger charge is 2.40. The maximum atomic E-state index is 11.7. The summed E-state index contributed by atoms with van der Waals surface area (Å²) in [5.74, 6) is -1.59. The average molecular weight is 894 g/mol. The number of unbranched alkanes of at least 4 members (excludes halogenated alkanes) is 3. The second-order valence-corrected chi connectivity index (χ2v) is 13.2. The van der Waals surface area contributed by atoms with Crippen molar-refractivity contribution in [3.8, 4) is 0 Å². The molecule has 0 aliphatic carbocycles. The van der Waals surface area contributed by atoms with Crippen LogP contribution in [0.15, 0.2) is 48.5 Å². The van der Waals surface area contributed by atoms with E-state index in [0.29, 0.717) is 44.3 Å². The Kier molecular flexibility index (Phi) is 19.5. The third kappa shape index (κ3) is 16.9. The molecule has 2 unspecified atom stereocenters. The van der Waals surface area contributed by atoms with Crippen LogP contribution in [0, 0.1) is 21.6 Å². The number of rotatable bonds is 15. The van der Waals surface area contributed by atoms with Crippen LogP contribution in [0.2, 0.25) is 10.0 Å². The number of guanidine groups is 4. The maximum absolute atomic E-state index is 11.7. The second kappa shape index (κ2) is 24.7. The first-order valence-electron chi connectivity index (χ1n) is 18.0. The van der Waals surface area contributed by atoms with Gasteiger partial charge in [0.1, 0.15) is 13.5 Å². The topological polar surface area (TPSA) is 389 Å². The highest BCUT2D eigenvalue weighted by atomic mass is 35.5. The molecular weight excluding hydrogens is 847 g/mol.